The number of hydrogen-bond acceptors (Lipinski definition) is 3. The highest BCUT2D eigenvalue weighted by Crippen LogP contribution is 2.21. The van der Waals surface area contributed by atoms with Crippen molar-refractivity contribution in [2.24, 2.45) is 15.9 Å². The van der Waals surface area contributed by atoms with Crippen LogP contribution in [-0.2, 0) is 0 Å². The molecule has 17 heavy (non-hydrogen) atoms. The van der Waals surface area contributed by atoms with Crippen LogP contribution in [0.25, 0.3) is 0 Å². The van der Waals surface area contributed by atoms with E-state index in [0.717, 1.165) is 0 Å². The van der Waals surface area contributed by atoms with Crippen LogP contribution < -0.4 is 11.2 Å². The van der Waals surface area contributed by atoms with Crippen molar-refractivity contribution in [3.05, 3.63) is 38.7 Å². The molecular weight excluding hydrogens is 269 g/mol. The molecule has 0 fully saturated rings. The fourth-order valence-corrected chi connectivity index (χ4v) is 1.18. The van der Waals surface area contributed by atoms with Crippen molar-refractivity contribution in [2.45, 2.75) is 0 Å². The summed E-state index contributed by atoms with van der Waals surface area (Å²) in [6.45, 7) is 0. The van der Waals surface area contributed by atoms with E-state index in [0.29, 0.717) is 15.6 Å². The van der Waals surface area contributed by atoms with Crippen LogP contribution in [0.2, 0.25) is 10.0 Å². The largest absolute Gasteiger partial charge is 0.364 e. The number of hydrazine groups is 1. The van der Waals surface area contributed by atoms with Crippen LogP contribution in [0, 0.1) is 4.91 Å². The fraction of sp³-hybridized carbons (Fsp3) is 0. The molecular formula is C8H8Cl2N5O2+. The van der Waals surface area contributed by atoms with Gasteiger partial charge >= 0.3 is 5.03 Å². The summed E-state index contributed by atoms with van der Waals surface area (Å²) >= 11 is 11.5. The highest BCUT2D eigenvalue weighted by Gasteiger charge is 2.03. The Labute approximate surface area is 106 Å². The minimum Gasteiger partial charge on any atom is -0.364 e. The van der Waals surface area contributed by atoms with E-state index in [2.05, 4.69) is 10.2 Å². The SMILES string of the molecule is N/C(=N\N=C\c1ccc(Cl)c(Cl)c1)N[N+](=O)O. The Morgan fingerprint density at radius 2 is 2.18 bits per heavy atom. The normalized spacial score (nSPS) is 11.8. The van der Waals surface area contributed by atoms with Gasteiger partial charge in [0.05, 0.1) is 16.3 Å². The first-order chi connectivity index (χ1) is 7.99. The number of nitrogens with one attached hydrogen (secondary N) is 1. The summed E-state index contributed by atoms with van der Waals surface area (Å²) < 4.78 is 0. The van der Waals surface area contributed by atoms with E-state index in [1.54, 1.807) is 23.6 Å². The van der Waals surface area contributed by atoms with Gasteiger partial charge in [0.15, 0.2) is 0 Å². The topological polar surface area (TPSA) is 103 Å². The molecule has 0 atom stereocenters. The summed E-state index contributed by atoms with van der Waals surface area (Å²) in [4.78, 5) is 10.1. The van der Waals surface area contributed by atoms with Gasteiger partial charge in [-0.3, -0.25) is 0 Å². The lowest BCUT2D eigenvalue weighted by atomic mass is 10.2. The zero-order valence-electron chi connectivity index (χ0n) is 8.34. The Bertz CT molecular complexity index is 489. The lowest BCUT2D eigenvalue weighted by Gasteiger charge is -1.95. The molecule has 0 bridgehead atoms. The number of benzene rings is 1. The number of nitrogens with zero attached hydrogens (tertiary/aromatic N) is 3. The van der Waals surface area contributed by atoms with Crippen molar-refractivity contribution >= 4 is 35.4 Å². The minimum atomic E-state index is -0.590. The number of halogens is 2. The van der Waals surface area contributed by atoms with E-state index in [1.807, 2.05) is 0 Å². The van der Waals surface area contributed by atoms with E-state index in [9.17, 15) is 4.91 Å². The van der Waals surface area contributed by atoms with Crippen LogP contribution in [-0.4, -0.2) is 22.4 Å². The van der Waals surface area contributed by atoms with Crippen molar-refractivity contribution in [1.82, 2.24) is 5.43 Å². The second kappa shape index (κ2) is 6.02. The Kier molecular flexibility index (Phi) is 4.68. The zero-order valence-corrected chi connectivity index (χ0v) is 9.85. The second-order valence-corrected chi connectivity index (χ2v) is 3.60. The highest BCUT2D eigenvalue weighted by molar-refractivity contribution is 6.42. The van der Waals surface area contributed by atoms with Gasteiger partial charge in [0.1, 0.15) is 4.91 Å². The molecule has 0 spiro atoms. The molecule has 7 nitrogen and oxygen atoms in total. The van der Waals surface area contributed by atoms with Crippen LogP contribution in [0.4, 0.5) is 0 Å². The van der Waals surface area contributed by atoms with Gasteiger partial charge in [-0.2, -0.15) is 5.10 Å². The van der Waals surface area contributed by atoms with E-state index >= 15 is 0 Å². The van der Waals surface area contributed by atoms with Crippen LogP contribution in [0.3, 0.4) is 0 Å². The molecule has 0 aromatic heterocycles. The third-order valence-electron chi connectivity index (χ3n) is 1.53. The highest BCUT2D eigenvalue weighted by atomic mass is 35.5. The quantitative estimate of drug-likeness (QED) is 0.440. The maximum absolute atomic E-state index is 10.1. The van der Waals surface area contributed by atoms with Crippen molar-refractivity contribution in [3.8, 4) is 0 Å². The summed E-state index contributed by atoms with van der Waals surface area (Å²) in [6.07, 6.45) is 1.35. The maximum atomic E-state index is 10.1. The van der Waals surface area contributed by atoms with Crippen LogP contribution in [0.5, 0.6) is 0 Å². The standard InChI is InChI=1S/C8H8Cl2N5O2/c9-6-2-1-5(3-7(6)10)4-12-13-8(11)14-15(16)17/h1-4H,(H,16,17)(H3,11,13,14)/q+1/b12-4+. The van der Waals surface area contributed by atoms with Gasteiger partial charge < -0.3 is 5.73 Å². The number of nitrogens with two attached hydrogens (primary N) is 1. The summed E-state index contributed by atoms with van der Waals surface area (Å²) in [5.74, 6) is -0.362. The Balaban J connectivity index is 2.71. The average molecular weight is 277 g/mol. The third-order valence-corrected chi connectivity index (χ3v) is 2.27. The van der Waals surface area contributed by atoms with Gasteiger partial charge in [0.25, 0.3) is 5.96 Å². The van der Waals surface area contributed by atoms with E-state index in [4.69, 9.17) is 34.1 Å². The second-order valence-electron chi connectivity index (χ2n) is 2.79. The molecule has 9 heteroatoms. The summed E-state index contributed by atoms with van der Waals surface area (Å²) in [5.41, 5.74) is 7.57. The zero-order chi connectivity index (χ0) is 12.8. The predicted molar refractivity (Wildman–Crippen MR) is 64.2 cm³/mol. The number of guanidine groups is 1. The minimum absolute atomic E-state index is 0.362. The molecule has 1 aromatic carbocycles. The molecule has 0 radical (unpaired) electrons. The molecule has 1 aromatic rings. The first kappa shape index (κ1) is 13.2. The Morgan fingerprint density at radius 3 is 2.76 bits per heavy atom. The summed E-state index contributed by atoms with van der Waals surface area (Å²) in [6, 6.07) is 4.85. The Morgan fingerprint density at radius 1 is 1.47 bits per heavy atom. The van der Waals surface area contributed by atoms with Gasteiger partial charge in [-0.25, -0.2) is 5.21 Å². The smallest absolute Gasteiger partial charge is 0.362 e. The fourth-order valence-electron chi connectivity index (χ4n) is 0.871. The van der Waals surface area contributed by atoms with Crippen LogP contribution in [0.1, 0.15) is 5.56 Å². The summed E-state index contributed by atoms with van der Waals surface area (Å²) in [5, 5.41) is 15.4. The van der Waals surface area contributed by atoms with Gasteiger partial charge in [-0.05, 0) is 23.1 Å². The lowest BCUT2D eigenvalue weighted by molar-refractivity contribution is -0.822. The summed E-state index contributed by atoms with van der Waals surface area (Å²) in [7, 11) is 0. The molecule has 1 rings (SSSR count). The first-order valence-electron chi connectivity index (χ1n) is 4.23. The van der Waals surface area contributed by atoms with Gasteiger partial charge in [-0.15, -0.1) is 5.10 Å². The van der Waals surface area contributed by atoms with Gasteiger partial charge in [0.2, 0.25) is 0 Å². The van der Waals surface area contributed by atoms with Crippen molar-refractivity contribution in [3.63, 3.8) is 0 Å². The lowest BCUT2D eigenvalue weighted by Crippen LogP contribution is -2.36. The van der Waals surface area contributed by atoms with Gasteiger partial charge in [-0.1, -0.05) is 29.3 Å². The van der Waals surface area contributed by atoms with Gasteiger partial charge in [0, 0.05) is 0 Å². The van der Waals surface area contributed by atoms with Crippen molar-refractivity contribution in [1.29, 1.82) is 0 Å². The predicted octanol–water partition coefficient (Wildman–Crippen LogP) is 1.31. The van der Waals surface area contributed by atoms with Crippen molar-refractivity contribution in [2.75, 3.05) is 0 Å². The molecule has 0 heterocycles. The molecule has 0 saturated heterocycles. The third kappa shape index (κ3) is 4.66. The number of hydrogen-bond donors (Lipinski definition) is 3. The van der Waals surface area contributed by atoms with Crippen molar-refractivity contribution < 1.29 is 10.2 Å². The molecule has 0 unspecified atom stereocenters. The van der Waals surface area contributed by atoms with Crippen LogP contribution in [0.15, 0.2) is 28.4 Å². The monoisotopic (exact) mass is 276 g/mol. The van der Waals surface area contributed by atoms with E-state index in [-0.39, 0.29) is 5.96 Å². The molecule has 0 aliphatic rings. The van der Waals surface area contributed by atoms with Crippen LogP contribution >= 0.6 is 23.2 Å². The maximum Gasteiger partial charge on any atom is 0.362 e. The molecule has 0 aliphatic heterocycles. The average Bonchev–Trinajstić information content (AvgIpc) is 2.22. The molecule has 0 saturated carbocycles. The molecule has 4 N–H and O–H groups in total. The molecule has 0 aliphatic carbocycles. The Hall–Kier alpha value is -1.86. The van der Waals surface area contributed by atoms with E-state index in [1.165, 1.54) is 6.21 Å². The van der Waals surface area contributed by atoms with E-state index < -0.39 is 5.03 Å². The molecule has 90 valence electrons. The molecule has 0 amide bonds. The number of rotatable bonds is 3. The first-order valence-corrected chi connectivity index (χ1v) is 4.99.